The zero-order valence-corrected chi connectivity index (χ0v) is 8.45. The van der Waals surface area contributed by atoms with E-state index in [1.165, 1.54) is 0 Å². The zero-order chi connectivity index (χ0) is 10.6. The van der Waals surface area contributed by atoms with Crippen LogP contribution in [0.15, 0.2) is 18.2 Å². The molecular weight excluding hydrogens is 176 g/mol. The van der Waals surface area contributed by atoms with Crippen molar-refractivity contribution >= 4 is 12.4 Å². The Hall–Kier alpha value is -1.57. The maximum Gasteiger partial charge on any atom is 0.153 e. The third kappa shape index (κ3) is 2.22. The van der Waals surface area contributed by atoms with E-state index in [4.69, 9.17) is 0 Å². The van der Waals surface area contributed by atoms with Gasteiger partial charge in [-0.15, -0.1) is 0 Å². The molecule has 1 aromatic carbocycles. The van der Waals surface area contributed by atoms with Crippen molar-refractivity contribution in [1.82, 2.24) is 0 Å². The van der Waals surface area contributed by atoms with Crippen LogP contribution in [0.3, 0.4) is 0 Å². The van der Waals surface area contributed by atoms with Crippen LogP contribution in [-0.2, 0) is 0 Å². The van der Waals surface area contributed by atoms with Crippen molar-refractivity contribution in [3.8, 4) is 5.75 Å². The minimum atomic E-state index is 0.0651. The van der Waals surface area contributed by atoms with Crippen LogP contribution in [0.1, 0.15) is 34.8 Å². The van der Waals surface area contributed by atoms with Gasteiger partial charge in [0.25, 0.3) is 0 Å². The highest BCUT2D eigenvalue weighted by molar-refractivity contribution is 5.82. The van der Waals surface area contributed by atoms with Gasteiger partial charge in [-0.2, -0.15) is 0 Å². The van der Waals surface area contributed by atoms with Gasteiger partial charge in [-0.25, -0.2) is 0 Å². The first-order valence-corrected chi connectivity index (χ1v) is 4.64. The number of hydrogen-bond donors (Lipinski definition) is 1. The van der Waals surface area contributed by atoms with Gasteiger partial charge in [0.1, 0.15) is 5.75 Å². The Morgan fingerprint density at radius 1 is 1.36 bits per heavy atom. The predicted molar refractivity (Wildman–Crippen MR) is 57.6 cm³/mol. The highest BCUT2D eigenvalue weighted by Gasteiger charge is 2.04. The van der Waals surface area contributed by atoms with E-state index in [1.54, 1.807) is 6.07 Å². The van der Waals surface area contributed by atoms with Gasteiger partial charge >= 0.3 is 0 Å². The van der Waals surface area contributed by atoms with Crippen molar-refractivity contribution in [1.29, 1.82) is 0 Å². The number of benzene rings is 1. The first-order valence-electron chi connectivity index (χ1n) is 4.64. The lowest BCUT2D eigenvalue weighted by molar-refractivity contribution is 0.112. The molecule has 74 valence electrons. The molecule has 0 aliphatic heterocycles. The van der Waals surface area contributed by atoms with Crippen LogP contribution in [0.2, 0.25) is 0 Å². The van der Waals surface area contributed by atoms with Crippen LogP contribution < -0.4 is 0 Å². The zero-order valence-electron chi connectivity index (χ0n) is 8.45. The van der Waals surface area contributed by atoms with E-state index in [2.05, 4.69) is 0 Å². The van der Waals surface area contributed by atoms with Crippen molar-refractivity contribution in [3.63, 3.8) is 0 Å². The van der Waals surface area contributed by atoms with Crippen LogP contribution in [0.4, 0.5) is 0 Å². The standard InChI is InChI=1S/C12H14O2/c1-3-4-5-10-6-9(2)7-11(8-13)12(10)14/h4-8,14H,3H2,1-2H3/b5-4+. The molecule has 0 radical (unpaired) electrons. The minimum Gasteiger partial charge on any atom is -0.507 e. The monoisotopic (exact) mass is 190 g/mol. The Morgan fingerprint density at radius 2 is 2.00 bits per heavy atom. The van der Waals surface area contributed by atoms with E-state index < -0.39 is 0 Å². The number of phenols is 1. The molecule has 0 aromatic heterocycles. The summed E-state index contributed by atoms with van der Waals surface area (Å²) in [6.07, 6.45) is 5.35. The quantitative estimate of drug-likeness (QED) is 0.744. The minimum absolute atomic E-state index is 0.0651. The lowest BCUT2D eigenvalue weighted by atomic mass is 10.0. The number of carbonyl (C=O) groups is 1. The number of carbonyl (C=O) groups excluding carboxylic acids is 1. The molecule has 14 heavy (non-hydrogen) atoms. The highest BCUT2D eigenvalue weighted by atomic mass is 16.3. The van der Waals surface area contributed by atoms with E-state index in [1.807, 2.05) is 32.1 Å². The van der Waals surface area contributed by atoms with Crippen molar-refractivity contribution in [2.45, 2.75) is 20.3 Å². The Kier molecular flexibility index (Phi) is 3.46. The third-order valence-electron chi connectivity index (χ3n) is 1.97. The second-order valence-electron chi connectivity index (χ2n) is 3.22. The largest absolute Gasteiger partial charge is 0.507 e. The molecule has 0 bridgehead atoms. The molecule has 0 atom stereocenters. The first kappa shape index (κ1) is 10.5. The molecule has 0 aliphatic rings. The van der Waals surface area contributed by atoms with Crippen LogP contribution in [0.5, 0.6) is 5.75 Å². The molecule has 1 rings (SSSR count). The van der Waals surface area contributed by atoms with E-state index in [-0.39, 0.29) is 5.75 Å². The number of rotatable bonds is 3. The highest BCUT2D eigenvalue weighted by Crippen LogP contribution is 2.24. The Balaban J connectivity index is 3.21. The second-order valence-corrected chi connectivity index (χ2v) is 3.22. The molecule has 0 unspecified atom stereocenters. The van der Waals surface area contributed by atoms with Crippen molar-refractivity contribution < 1.29 is 9.90 Å². The van der Waals surface area contributed by atoms with Gasteiger partial charge < -0.3 is 5.11 Å². The van der Waals surface area contributed by atoms with Crippen molar-refractivity contribution in [2.24, 2.45) is 0 Å². The van der Waals surface area contributed by atoms with Gasteiger partial charge in [-0.3, -0.25) is 4.79 Å². The summed E-state index contributed by atoms with van der Waals surface area (Å²) in [6, 6.07) is 3.53. The maximum absolute atomic E-state index is 10.6. The molecule has 0 fully saturated rings. The van der Waals surface area contributed by atoms with Gasteiger partial charge in [0.2, 0.25) is 0 Å². The number of phenolic OH excluding ortho intramolecular Hbond substituents is 1. The number of hydrogen-bond acceptors (Lipinski definition) is 2. The molecule has 0 amide bonds. The molecule has 0 saturated heterocycles. The summed E-state index contributed by atoms with van der Waals surface area (Å²) in [6.45, 7) is 3.92. The summed E-state index contributed by atoms with van der Waals surface area (Å²) in [5, 5.41) is 9.66. The van der Waals surface area contributed by atoms with E-state index in [0.29, 0.717) is 17.4 Å². The second kappa shape index (κ2) is 4.61. The molecule has 0 aliphatic carbocycles. The van der Waals surface area contributed by atoms with Gasteiger partial charge in [0, 0.05) is 5.56 Å². The van der Waals surface area contributed by atoms with Crippen molar-refractivity contribution in [3.05, 3.63) is 34.9 Å². The molecular formula is C12H14O2. The summed E-state index contributed by atoms with van der Waals surface area (Å²) in [4.78, 5) is 10.6. The Bertz CT molecular complexity index is 365. The Morgan fingerprint density at radius 3 is 2.57 bits per heavy atom. The maximum atomic E-state index is 10.6. The SMILES string of the molecule is CC/C=C/c1cc(C)cc(C=O)c1O. The molecule has 0 saturated carbocycles. The van der Waals surface area contributed by atoms with Crippen LogP contribution in [0.25, 0.3) is 6.08 Å². The summed E-state index contributed by atoms with van der Waals surface area (Å²) >= 11 is 0. The first-order chi connectivity index (χ1) is 6.69. The average molecular weight is 190 g/mol. The van der Waals surface area contributed by atoms with Gasteiger partial charge in [-0.1, -0.05) is 19.1 Å². The fourth-order valence-electron chi connectivity index (χ4n) is 1.30. The predicted octanol–water partition coefficient (Wildman–Crippen LogP) is 2.94. The molecule has 1 aromatic rings. The molecule has 2 nitrogen and oxygen atoms in total. The fraction of sp³-hybridized carbons (Fsp3) is 0.250. The van der Waals surface area contributed by atoms with E-state index >= 15 is 0 Å². The summed E-state index contributed by atoms with van der Waals surface area (Å²) in [5.74, 6) is 0.0651. The lowest BCUT2D eigenvalue weighted by Gasteiger charge is -2.03. The summed E-state index contributed by atoms with van der Waals surface area (Å²) in [5.41, 5.74) is 2.02. The van der Waals surface area contributed by atoms with Crippen LogP contribution in [0, 0.1) is 6.92 Å². The Labute approximate surface area is 83.9 Å². The average Bonchev–Trinajstić information content (AvgIpc) is 2.18. The third-order valence-corrected chi connectivity index (χ3v) is 1.97. The molecule has 2 heteroatoms. The summed E-state index contributed by atoms with van der Waals surface area (Å²) < 4.78 is 0. The van der Waals surface area contributed by atoms with Crippen molar-refractivity contribution in [2.75, 3.05) is 0 Å². The molecule has 0 heterocycles. The van der Waals surface area contributed by atoms with E-state index in [9.17, 15) is 9.90 Å². The number of aldehydes is 1. The topological polar surface area (TPSA) is 37.3 Å². The summed E-state index contributed by atoms with van der Waals surface area (Å²) in [7, 11) is 0. The van der Waals surface area contributed by atoms with Gasteiger partial charge in [0.05, 0.1) is 5.56 Å². The van der Waals surface area contributed by atoms with E-state index in [0.717, 1.165) is 12.0 Å². The lowest BCUT2D eigenvalue weighted by Crippen LogP contribution is -1.87. The molecule has 0 spiro atoms. The number of allylic oxidation sites excluding steroid dienone is 1. The number of aromatic hydroxyl groups is 1. The fourth-order valence-corrected chi connectivity index (χ4v) is 1.30. The van der Waals surface area contributed by atoms with Crippen LogP contribution >= 0.6 is 0 Å². The van der Waals surface area contributed by atoms with Gasteiger partial charge in [0.15, 0.2) is 6.29 Å². The van der Waals surface area contributed by atoms with Gasteiger partial charge in [-0.05, 0) is 31.0 Å². The molecule has 1 N–H and O–H groups in total. The smallest absolute Gasteiger partial charge is 0.153 e. The normalized spacial score (nSPS) is 10.7. The number of aryl methyl sites for hydroxylation is 1. The van der Waals surface area contributed by atoms with Crippen LogP contribution in [-0.4, -0.2) is 11.4 Å².